The average Bonchev–Trinajstić information content (AvgIpc) is 2.37. The molecule has 0 fully saturated rings. The van der Waals surface area contributed by atoms with Gasteiger partial charge < -0.3 is 9.47 Å². The Balaban J connectivity index is 0.00000400. The van der Waals surface area contributed by atoms with Crippen molar-refractivity contribution >= 4 is 45.4 Å². The predicted molar refractivity (Wildman–Crippen MR) is 76.7 cm³/mol. The molecular formula is C11H16NNaO7S. The van der Waals surface area contributed by atoms with Crippen LogP contribution in [0.25, 0.3) is 0 Å². The van der Waals surface area contributed by atoms with E-state index < -0.39 is 25.6 Å². The van der Waals surface area contributed by atoms with E-state index in [1.54, 1.807) is 0 Å². The molecule has 21 heavy (non-hydrogen) atoms. The van der Waals surface area contributed by atoms with Crippen molar-refractivity contribution in [2.45, 2.75) is 18.2 Å². The second-order valence-electron chi connectivity index (χ2n) is 3.82. The van der Waals surface area contributed by atoms with E-state index in [-0.39, 0.29) is 48.5 Å². The zero-order chi connectivity index (χ0) is 15.2. The Kier molecular flexibility index (Phi) is 9.02. The van der Waals surface area contributed by atoms with E-state index in [4.69, 9.17) is 14.0 Å². The van der Waals surface area contributed by atoms with Gasteiger partial charge in [-0.05, 0) is 12.5 Å². The number of non-ortho nitro benzene ring substituents is 1. The van der Waals surface area contributed by atoms with Crippen molar-refractivity contribution in [3.05, 3.63) is 28.3 Å². The Morgan fingerprint density at radius 1 is 1.29 bits per heavy atom. The normalized spacial score (nSPS) is 10.8. The van der Waals surface area contributed by atoms with Crippen molar-refractivity contribution in [3.63, 3.8) is 0 Å². The predicted octanol–water partition coefficient (Wildman–Crippen LogP) is 0.998. The Morgan fingerprint density at radius 2 is 1.95 bits per heavy atom. The van der Waals surface area contributed by atoms with Crippen LogP contribution in [0.15, 0.2) is 23.1 Å². The molecule has 0 heterocycles. The molecular weight excluding hydrogens is 313 g/mol. The van der Waals surface area contributed by atoms with Crippen LogP contribution in [0.1, 0.15) is 13.3 Å². The van der Waals surface area contributed by atoms with Crippen molar-refractivity contribution in [1.29, 1.82) is 0 Å². The van der Waals surface area contributed by atoms with Crippen LogP contribution in [-0.2, 0) is 14.9 Å². The summed E-state index contributed by atoms with van der Waals surface area (Å²) in [5.41, 5.74) is -0.452. The van der Waals surface area contributed by atoms with E-state index >= 15 is 0 Å². The Hall–Kier alpha value is -0.710. The van der Waals surface area contributed by atoms with Crippen molar-refractivity contribution in [1.82, 2.24) is 0 Å². The third-order valence-corrected chi connectivity index (χ3v) is 3.12. The minimum atomic E-state index is -4.61. The van der Waals surface area contributed by atoms with E-state index in [9.17, 15) is 18.5 Å². The van der Waals surface area contributed by atoms with Crippen LogP contribution in [0.2, 0.25) is 0 Å². The first-order valence-electron chi connectivity index (χ1n) is 5.82. The van der Waals surface area contributed by atoms with Crippen molar-refractivity contribution < 1.29 is 27.4 Å². The standard InChI is InChI=1S/C11H15NO7S.Na.H/c1-2-5-18-6-7-19-10-4-3-9(12(13)14)8-11(10)20(15,16)17;;/h3-4,8H,2,5-7H2,1H3,(H,15,16,17);;. The van der Waals surface area contributed by atoms with Crippen molar-refractivity contribution in [3.8, 4) is 5.75 Å². The zero-order valence-electron chi connectivity index (χ0n) is 10.8. The number of benzene rings is 1. The molecule has 114 valence electrons. The first kappa shape index (κ1) is 20.3. The van der Waals surface area contributed by atoms with Crippen LogP contribution in [0, 0.1) is 10.1 Å². The number of ether oxygens (including phenoxy) is 2. The zero-order valence-corrected chi connectivity index (χ0v) is 11.6. The van der Waals surface area contributed by atoms with Gasteiger partial charge in [-0.25, -0.2) is 0 Å². The Bertz CT molecular complexity index is 576. The van der Waals surface area contributed by atoms with Gasteiger partial charge >= 0.3 is 29.6 Å². The molecule has 0 unspecified atom stereocenters. The summed E-state index contributed by atoms with van der Waals surface area (Å²) in [5, 5.41) is 10.6. The maximum atomic E-state index is 11.2. The summed E-state index contributed by atoms with van der Waals surface area (Å²) in [5.74, 6) is -0.154. The van der Waals surface area contributed by atoms with Crippen molar-refractivity contribution in [2.75, 3.05) is 19.8 Å². The van der Waals surface area contributed by atoms with Crippen molar-refractivity contribution in [2.24, 2.45) is 0 Å². The minimum absolute atomic E-state index is 0. The molecule has 0 aliphatic rings. The Morgan fingerprint density at radius 3 is 2.48 bits per heavy atom. The van der Waals surface area contributed by atoms with Gasteiger partial charge in [0.15, 0.2) is 0 Å². The van der Waals surface area contributed by atoms with Gasteiger partial charge in [-0.15, -0.1) is 0 Å². The monoisotopic (exact) mass is 329 g/mol. The second-order valence-corrected chi connectivity index (χ2v) is 5.21. The van der Waals surface area contributed by atoms with Gasteiger partial charge in [-0.3, -0.25) is 14.7 Å². The molecule has 0 atom stereocenters. The van der Waals surface area contributed by atoms with Crippen LogP contribution in [0.5, 0.6) is 5.75 Å². The first-order valence-corrected chi connectivity index (χ1v) is 7.26. The molecule has 0 spiro atoms. The second kappa shape index (κ2) is 9.34. The molecule has 10 heteroatoms. The molecule has 1 N–H and O–H groups in total. The fourth-order valence-corrected chi connectivity index (χ4v) is 2.04. The van der Waals surface area contributed by atoms with Crippen LogP contribution in [0.4, 0.5) is 5.69 Å². The molecule has 1 rings (SSSR count). The molecule has 0 radical (unpaired) electrons. The van der Waals surface area contributed by atoms with E-state index in [2.05, 4.69) is 0 Å². The summed E-state index contributed by atoms with van der Waals surface area (Å²) in [6.45, 7) is 2.80. The molecule has 0 bridgehead atoms. The van der Waals surface area contributed by atoms with Crippen LogP contribution >= 0.6 is 0 Å². The number of hydrogen-bond donors (Lipinski definition) is 1. The van der Waals surface area contributed by atoms with Gasteiger partial charge in [0.2, 0.25) is 0 Å². The molecule has 1 aromatic carbocycles. The summed E-state index contributed by atoms with van der Waals surface area (Å²) >= 11 is 0. The topological polar surface area (TPSA) is 116 Å². The van der Waals surface area contributed by atoms with Gasteiger partial charge in [0.25, 0.3) is 15.8 Å². The summed E-state index contributed by atoms with van der Waals surface area (Å²) in [4.78, 5) is 9.19. The van der Waals surface area contributed by atoms with Gasteiger partial charge in [-0.1, -0.05) is 6.92 Å². The molecule has 1 aromatic rings. The van der Waals surface area contributed by atoms with Crippen LogP contribution in [0.3, 0.4) is 0 Å². The number of nitro groups is 1. The molecule has 0 amide bonds. The third-order valence-electron chi connectivity index (χ3n) is 2.25. The van der Waals surface area contributed by atoms with E-state index in [0.717, 1.165) is 24.6 Å². The van der Waals surface area contributed by atoms with Gasteiger partial charge in [0.05, 0.1) is 11.5 Å². The van der Waals surface area contributed by atoms with E-state index in [1.165, 1.54) is 0 Å². The third kappa shape index (κ3) is 6.72. The number of nitrogens with zero attached hydrogens (tertiary/aromatic N) is 1. The average molecular weight is 329 g/mol. The van der Waals surface area contributed by atoms with Gasteiger partial charge in [0.1, 0.15) is 17.3 Å². The van der Waals surface area contributed by atoms with Gasteiger partial charge in [0, 0.05) is 18.7 Å². The molecule has 8 nitrogen and oxygen atoms in total. The SMILES string of the molecule is CCCOCCOc1ccc([N+](=O)[O-])cc1S(=O)(=O)O.[NaH]. The Labute approximate surface area is 144 Å². The fraction of sp³-hybridized carbons (Fsp3) is 0.455. The van der Waals surface area contributed by atoms with Crippen LogP contribution in [-0.4, -0.2) is 67.3 Å². The summed E-state index contributed by atoms with van der Waals surface area (Å²) in [7, 11) is -4.61. The number of rotatable bonds is 8. The van der Waals surface area contributed by atoms with E-state index in [0.29, 0.717) is 6.61 Å². The maximum absolute atomic E-state index is 11.2. The fourth-order valence-electron chi connectivity index (χ4n) is 1.39. The molecule has 0 saturated carbocycles. The number of hydrogen-bond acceptors (Lipinski definition) is 6. The molecule has 0 aromatic heterocycles. The molecule has 0 saturated heterocycles. The molecule has 0 aliphatic heterocycles. The van der Waals surface area contributed by atoms with E-state index in [1.807, 2.05) is 6.92 Å². The van der Waals surface area contributed by atoms with Gasteiger partial charge in [-0.2, -0.15) is 8.42 Å². The number of nitro benzene ring substituents is 1. The first-order chi connectivity index (χ1) is 9.36. The summed E-state index contributed by atoms with van der Waals surface area (Å²) in [6.07, 6.45) is 0.841. The summed E-state index contributed by atoms with van der Waals surface area (Å²) < 4.78 is 41.7. The molecule has 0 aliphatic carbocycles. The quantitative estimate of drug-likeness (QED) is 0.249. The summed E-state index contributed by atoms with van der Waals surface area (Å²) in [6, 6.07) is 2.97. The van der Waals surface area contributed by atoms with Crippen LogP contribution < -0.4 is 4.74 Å².